The Morgan fingerprint density at radius 1 is 1.62 bits per heavy atom. The first kappa shape index (κ1) is 11.0. The minimum atomic E-state index is -0.145. The highest BCUT2D eigenvalue weighted by Crippen LogP contribution is 2.09. The molecule has 5 heteroatoms. The lowest BCUT2D eigenvalue weighted by molar-refractivity contribution is 0.0955. The van der Waals surface area contributed by atoms with Crippen molar-refractivity contribution in [3.05, 3.63) is 36.2 Å². The van der Waals surface area contributed by atoms with Gasteiger partial charge in [0.25, 0.3) is 5.91 Å². The summed E-state index contributed by atoms with van der Waals surface area (Å²) in [6, 6.07) is 5.59. The maximum Gasteiger partial charge on any atom is 0.255 e. The summed E-state index contributed by atoms with van der Waals surface area (Å²) >= 11 is 5.77. The summed E-state index contributed by atoms with van der Waals surface area (Å²) < 4.78 is 1.67. The molecule has 2 heterocycles. The number of rotatable bonds is 3. The number of fused-ring (bicyclic) bond motifs is 1. The highest BCUT2D eigenvalue weighted by molar-refractivity contribution is 6.20. The quantitative estimate of drug-likeness (QED) is 0.826. The van der Waals surface area contributed by atoms with Gasteiger partial charge in [0.05, 0.1) is 17.3 Å². The molecule has 1 N–H and O–H groups in total. The number of halogens is 1. The van der Waals surface area contributed by atoms with Crippen molar-refractivity contribution in [1.29, 1.82) is 0 Å². The number of hydrogen-bond donors (Lipinski definition) is 1. The zero-order valence-corrected chi connectivity index (χ0v) is 9.61. The zero-order chi connectivity index (χ0) is 11.5. The molecule has 0 aliphatic rings. The average molecular weight is 238 g/mol. The third kappa shape index (κ3) is 2.17. The Kier molecular flexibility index (Phi) is 3.10. The second kappa shape index (κ2) is 4.53. The van der Waals surface area contributed by atoms with E-state index in [-0.39, 0.29) is 11.3 Å². The Hall–Kier alpha value is -1.55. The molecule has 84 valence electrons. The van der Waals surface area contributed by atoms with E-state index >= 15 is 0 Å². The third-order valence-corrected chi connectivity index (χ3v) is 2.37. The van der Waals surface area contributed by atoms with E-state index in [0.29, 0.717) is 12.1 Å². The van der Waals surface area contributed by atoms with Gasteiger partial charge >= 0.3 is 0 Å². The molecule has 2 aromatic rings. The van der Waals surface area contributed by atoms with Gasteiger partial charge in [-0.3, -0.25) is 4.79 Å². The second-order valence-electron chi connectivity index (χ2n) is 3.58. The van der Waals surface area contributed by atoms with E-state index in [9.17, 15) is 4.79 Å². The maximum atomic E-state index is 11.8. The van der Waals surface area contributed by atoms with Gasteiger partial charge in [0.15, 0.2) is 0 Å². The molecule has 0 spiro atoms. The van der Waals surface area contributed by atoms with Crippen LogP contribution in [0.2, 0.25) is 0 Å². The summed E-state index contributed by atoms with van der Waals surface area (Å²) in [5, 5.41) is 6.76. The number of nitrogens with one attached hydrogen (secondary N) is 1. The first-order chi connectivity index (χ1) is 7.68. The van der Waals surface area contributed by atoms with Crippen molar-refractivity contribution in [3.8, 4) is 0 Å². The molecule has 1 amide bonds. The van der Waals surface area contributed by atoms with E-state index in [4.69, 9.17) is 11.6 Å². The Morgan fingerprint density at radius 3 is 3.19 bits per heavy atom. The summed E-state index contributed by atoms with van der Waals surface area (Å²) in [7, 11) is 0. The number of nitrogens with zero attached hydrogens (tertiary/aromatic N) is 2. The average Bonchev–Trinajstić information content (AvgIpc) is 2.69. The summed E-state index contributed by atoms with van der Waals surface area (Å²) in [6.45, 7) is 2.28. The van der Waals surface area contributed by atoms with Gasteiger partial charge in [0.1, 0.15) is 0 Å². The van der Waals surface area contributed by atoms with Crippen LogP contribution in [0.25, 0.3) is 5.52 Å². The van der Waals surface area contributed by atoms with Gasteiger partial charge in [-0.2, -0.15) is 5.10 Å². The largest absolute Gasteiger partial charge is 0.350 e. The van der Waals surface area contributed by atoms with Crippen LogP contribution < -0.4 is 5.32 Å². The molecule has 1 unspecified atom stereocenters. The molecule has 2 aromatic heterocycles. The predicted molar refractivity (Wildman–Crippen MR) is 62.8 cm³/mol. The second-order valence-corrected chi connectivity index (χ2v) is 4.32. The molecule has 1 atom stereocenters. The topological polar surface area (TPSA) is 46.4 Å². The van der Waals surface area contributed by atoms with E-state index in [1.165, 1.54) is 0 Å². The Bertz CT molecular complexity index is 507. The van der Waals surface area contributed by atoms with Gasteiger partial charge in [-0.1, -0.05) is 6.07 Å². The number of amides is 1. The van der Waals surface area contributed by atoms with Crippen molar-refractivity contribution in [2.75, 3.05) is 6.54 Å². The number of aromatic nitrogens is 2. The van der Waals surface area contributed by atoms with Crippen LogP contribution in [-0.2, 0) is 0 Å². The monoisotopic (exact) mass is 237 g/mol. The molecule has 0 fully saturated rings. The van der Waals surface area contributed by atoms with Crippen molar-refractivity contribution in [1.82, 2.24) is 14.9 Å². The van der Waals surface area contributed by atoms with Gasteiger partial charge in [0, 0.05) is 18.1 Å². The molecule has 4 nitrogen and oxygen atoms in total. The van der Waals surface area contributed by atoms with Crippen molar-refractivity contribution in [3.63, 3.8) is 0 Å². The number of pyridine rings is 1. The van der Waals surface area contributed by atoms with E-state index in [1.807, 2.05) is 25.1 Å². The van der Waals surface area contributed by atoms with Crippen LogP contribution in [-0.4, -0.2) is 27.4 Å². The standard InChI is InChI=1S/C11H12ClN3O/c1-8(12)6-13-11(16)9-7-14-15-5-3-2-4-10(9)15/h2-5,7-8H,6H2,1H3,(H,13,16). The van der Waals surface area contributed by atoms with E-state index in [1.54, 1.807) is 16.9 Å². The molecule has 2 rings (SSSR count). The number of alkyl halides is 1. The van der Waals surface area contributed by atoms with Gasteiger partial charge < -0.3 is 5.32 Å². The van der Waals surface area contributed by atoms with Crippen LogP contribution in [0.3, 0.4) is 0 Å². The first-order valence-corrected chi connectivity index (χ1v) is 5.47. The Labute approximate surface area is 98.2 Å². The van der Waals surface area contributed by atoms with Crippen LogP contribution in [0.5, 0.6) is 0 Å². The van der Waals surface area contributed by atoms with E-state index < -0.39 is 0 Å². The molecule has 0 aliphatic heterocycles. The molecule has 0 aromatic carbocycles. The fourth-order valence-corrected chi connectivity index (χ4v) is 1.52. The summed E-state index contributed by atoms with van der Waals surface area (Å²) in [6.07, 6.45) is 3.36. The van der Waals surface area contributed by atoms with Crippen molar-refractivity contribution < 1.29 is 4.79 Å². The van der Waals surface area contributed by atoms with Crippen LogP contribution in [0.1, 0.15) is 17.3 Å². The van der Waals surface area contributed by atoms with Crippen molar-refractivity contribution in [2.45, 2.75) is 12.3 Å². The lowest BCUT2D eigenvalue weighted by Gasteiger charge is -2.04. The summed E-state index contributed by atoms with van der Waals surface area (Å²) in [5.41, 5.74) is 1.36. The Morgan fingerprint density at radius 2 is 2.44 bits per heavy atom. The summed E-state index contributed by atoms with van der Waals surface area (Å²) in [4.78, 5) is 11.8. The highest BCUT2D eigenvalue weighted by Gasteiger charge is 2.12. The van der Waals surface area contributed by atoms with Crippen molar-refractivity contribution in [2.24, 2.45) is 0 Å². The predicted octanol–water partition coefficient (Wildman–Crippen LogP) is 1.69. The van der Waals surface area contributed by atoms with Gasteiger partial charge in [-0.15, -0.1) is 11.6 Å². The Balaban J connectivity index is 2.23. The van der Waals surface area contributed by atoms with Crippen LogP contribution in [0, 0.1) is 0 Å². The SMILES string of the molecule is CC(Cl)CNC(=O)c1cnn2ccccc12. The fraction of sp³-hybridized carbons (Fsp3) is 0.273. The van der Waals surface area contributed by atoms with Crippen LogP contribution in [0.15, 0.2) is 30.6 Å². The number of hydrogen-bond acceptors (Lipinski definition) is 2. The first-order valence-electron chi connectivity index (χ1n) is 5.03. The lowest BCUT2D eigenvalue weighted by Crippen LogP contribution is -2.28. The van der Waals surface area contributed by atoms with Crippen LogP contribution in [0.4, 0.5) is 0 Å². The molecule has 0 bridgehead atoms. The van der Waals surface area contributed by atoms with Crippen LogP contribution >= 0.6 is 11.6 Å². The molecule has 0 saturated heterocycles. The fourth-order valence-electron chi connectivity index (χ4n) is 1.44. The van der Waals surface area contributed by atoms with Crippen molar-refractivity contribution >= 4 is 23.0 Å². The maximum absolute atomic E-state index is 11.8. The van der Waals surface area contributed by atoms with E-state index in [2.05, 4.69) is 10.4 Å². The van der Waals surface area contributed by atoms with E-state index in [0.717, 1.165) is 5.52 Å². The van der Waals surface area contributed by atoms with Gasteiger partial charge in [-0.25, -0.2) is 4.52 Å². The van der Waals surface area contributed by atoms with Gasteiger partial charge in [-0.05, 0) is 19.1 Å². The lowest BCUT2D eigenvalue weighted by atomic mass is 10.2. The molecule has 0 saturated carbocycles. The number of carbonyl (C=O) groups is 1. The molecule has 0 aliphatic carbocycles. The van der Waals surface area contributed by atoms with Gasteiger partial charge in [0.2, 0.25) is 0 Å². The summed E-state index contributed by atoms with van der Waals surface area (Å²) in [5.74, 6) is -0.145. The normalized spacial score (nSPS) is 12.6. The zero-order valence-electron chi connectivity index (χ0n) is 8.85. The highest BCUT2D eigenvalue weighted by atomic mass is 35.5. The smallest absolute Gasteiger partial charge is 0.255 e. The molecule has 0 radical (unpaired) electrons. The minimum Gasteiger partial charge on any atom is -0.350 e. The molecular formula is C11H12ClN3O. The molecule has 16 heavy (non-hydrogen) atoms. The third-order valence-electron chi connectivity index (χ3n) is 2.22. The minimum absolute atomic E-state index is 0.0780. The molecular weight excluding hydrogens is 226 g/mol. The number of carbonyl (C=O) groups excluding carboxylic acids is 1.